The predicted octanol–water partition coefficient (Wildman–Crippen LogP) is 2.26. The minimum Gasteiger partial charge on any atom is -0.352 e. The van der Waals surface area contributed by atoms with E-state index in [1.54, 1.807) is 18.2 Å². The lowest BCUT2D eigenvalue weighted by molar-refractivity contribution is 0.0945. The maximum atomic E-state index is 12.5. The van der Waals surface area contributed by atoms with Crippen molar-refractivity contribution < 1.29 is 4.79 Å². The zero-order chi connectivity index (χ0) is 15.8. The monoisotopic (exact) mass is 329 g/mol. The van der Waals surface area contributed by atoms with Crippen LogP contribution in [0.1, 0.15) is 23.2 Å². The van der Waals surface area contributed by atoms with Crippen LogP contribution in [0.3, 0.4) is 0 Å². The molecule has 2 aromatic rings. The van der Waals surface area contributed by atoms with Crippen LogP contribution in [0.5, 0.6) is 0 Å². The number of halogens is 1. The summed E-state index contributed by atoms with van der Waals surface area (Å²) in [7, 11) is 0. The van der Waals surface area contributed by atoms with E-state index in [0.717, 1.165) is 0 Å². The van der Waals surface area contributed by atoms with Crippen molar-refractivity contribution in [2.45, 2.75) is 12.8 Å². The van der Waals surface area contributed by atoms with Crippen molar-refractivity contribution in [2.75, 3.05) is 6.54 Å². The summed E-state index contributed by atoms with van der Waals surface area (Å²) in [5, 5.41) is 14.5. The van der Waals surface area contributed by atoms with Gasteiger partial charge in [-0.2, -0.15) is 0 Å². The Bertz CT molecular complexity index is 758. The number of carbonyl (C=O) groups is 1. The Hall–Kier alpha value is -2.21. The summed E-state index contributed by atoms with van der Waals surface area (Å²) < 4.78 is 1.49. The SMILES string of the molecule is O=C(NC[C@H]1C[C@@H]2C=C[C@@H]1C2)c1cc(-n2cnnn2)ccc1Cl. The van der Waals surface area contributed by atoms with E-state index in [0.29, 0.717) is 40.6 Å². The fourth-order valence-corrected chi connectivity index (χ4v) is 3.76. The molecule has 23 heavy (non-hydrogen) atoms. The highest BCUT2D eigenvalue weighted by Crippen LogP contribution is 2.42. The van der Waals surface area contributed by atoms with Gasteiger partial charge >= 0.3 is 0 Å². The number of hydrogen-bond donors (Lipinski definition) is 1. The molecule has 0 saturated heterocycles. The van der Waals surface area contributed by atoms with Crippen LogP contribution < -0.4 is 5.32 Å². The molecule has 1 aromatic heterocycles. The average Bonchev–Trinajstić information content (AvgIpc) is 3.30. The maximum Gasteiger partial charge on any atom is 0.252 e. The van der Waals surface area contributed by atoms with Gasteiger partial charge in [0, 0.05) is 6.54 Å². The number of aromatic nitrogens is 4. The van der Waals surface area contributed by atoms with E-state index >= 15 is 0 Å². The third-order valence-electron chi connectivity index (χ3n) is 4.75. The van der Waals surface area contributed by atoms with Gasteiger partial charge in [0.05, 0.1) is 16.3 Å². The molecule has 4 rings (SSSR count). The summed E-state index contributed by atoms with van der Waals surface area (Å²) in [6.45, 7) is 0.690. The van der Waals surface area contributed by atoms with E-state index in [-0.39, 0.29) is 5.91 Å². The van der Waals surface area contributed by atoms with Gasteiger partial charge in [-0.3, -0.25) is 4.79 Å². The molecule has 0 aliphatic heterocycles. The number of nitrogens with one attached hydrogen (secondary N) is 1. The Kier molecular flexibility index (Phi) is 3.61. The molecule has 1 amide bonds. The summed E-state index contributed by atoms with van der Waals surface area (Å²) in [6, 6.07) is 5.17. The van der Waals surface area contributed by atoms with Gasteiger partial charge in [0.15, 0.2) is 0 Å². The summed E-state index contributed by atoms with van der Waals surface area (Å²) in [5.74, 6) is 1.70. The van der Waals surface area contributed by atoms with Crippen LogP contribution >= 0.6 is 11.6 Å². The van der Waals surface area contributed by atoms with Crippen LogP contribution in [0.4, 0.5) is 0 Å². The summed E-state index contributed by atoms with van der Waals surface area (Å²) in [6.07, 6.45) is 8.47. The fourth-order valence-electron chi connectivity index (χ4n) is 3.56. The normalized spacial score (nSPS) is 25.0. The highest BCUT2D eigenvalue weighted by atomic mass is 35.5. The minimum absolute atomic E-state index is 0.156. The highest BCUT2D eigenvalue weighted by Gasteiger charge is 2.35. The van der Waals surface area contributed by atoms with Gasteiger partial charge in [0.2, 0.25) is 0 Å². The van der Waals surface area contributed by atoms with Crippen LogP contribution in [-0.2, 0) is 0 Å². The molecule has 1 fully saturated rings. The maximum absolute atomic E-state index is 12.5. The minimum atomic E-state index is -0.156. The molecule has 3 atom stereocenters. The van der Waals surface area contributed by atoms with Crippen LogP contribution in [0.15, 0.2) is 36.7 Å². The largest absolute Gasteiger partial charge is 0.352 e. The van der Waals surface area contributed by atoms with E-state index in [1.807, 2.05) is 0 Å². The third kappa shape index (κ3) is 2.74. The number of amides is 1. The highest BCUT2D eigenvalue weighted by molar-refractivity contribution is 6.33. The van der Waals surface area contributed by atoms with E-state index < -0.39 is 0 Å². The van der Waals surface area contributed by atoms with Gasteiger partial charge in [-0.25, -0.2) is 4.68 Å². The average molecular weight is 330 g/mol. The van der Waals surface area contributed by atoms with Crippen molar-refractivity contribution in [1.29, 1.82) is 0 Å². The van der Waals surface area contributed by atoms with Gasteiger partial charge < -0.3 is 5.32 Å². The quantitative estimate of drug-likeness (QED) is 0.873. The summed E-state index contributed by atoms with van der Waals surface area (Å²) in [4.78, 5) is 12.5. The Labute approximate surface area is 138 Å². The molecule has 1 saturated carbocycles. The second kappa shape index (κ2) is 5.77. The standard InChI is InChI=1S/C16H16ClN5O/c17-15-4-3-13(22-9-19-20-21-22)7-14(15)16(23)18-8-12-6-10-1-2-11(12)5-10/h1-4,7,9-12H,5-6,8H2,(H,18,23)/t10-,11-,12-/m1/s1. The lowest BCUT2D eigenvalue weighted by Crippen LogP contribution is -2.31. The van der Waals surface area contributed by atoms with Gasteiger partial charge in [0.25, 0.3) is 5.91 Å². The number of rotatable bonds is 4. The number of benzene rings is 1. The molecule has 1 aromatic carbocycles. The van der Waals surface area contributed by atoms with Crippen LogP contribution in [0.2, 0.25) is 5.02 Å². The number of hydrogen-bond acceptors (Lipinski definition) is 4. The molecule has 1 N–H and O–H groups in total. The molecule has 0 radical (unpaired) electrons. The van der Waals surface area contributed by atoms with Crippen LogP contribution in [0, 0.1) is 17.8 Å². The van der Waals surface area contributed by atoms with Crippen molar-refractivity contribution in [3.05, 3.63) is 47.3 Å². The topological polar surface area (TPSA) is 72.7 Å². The molecule has 2 aliphatic carbocycles. The molecule has 118 valence electrons. The zero-order valence-corrected chi connectivity index (χ0v) is 13.1. The van der Waals surface area contributed by atoms with Crippen molar-refractivity contribution >= 4 is 17.5 Å². The second-order valence-electron chi connectivity index (χ2n) is 6.17. The lowest BCUT2D eigenvalue weighted by Gasteiger charge is -2.18. The number of fused-ring (bicyclic) bond motifs is 2. The molecular formula is C16H16ClN5O. The third-order valence-corrected chi connectivity index (χ3v) is 5.08. The summed E-state index contributed by atoms with van der Waals surface area (Å²) >= 11 is 6.18. The van der Waals surface area contributed by atoms with Crippen molar-refractivity contribution in [3.63, 3.8) is 0 Å². The molecular weight excluding hydrogens is 314 g/mol. The van der Waals surface area contributed by atoms with Crippen LogP contribution in [0.25, 0.3) is 5.69 Å². The Morgan fingerprint density at radius 1 is 1.35 bits per heavy atom. The Morgan fingerprint density at radius 2 is 2.26 bits per heavy atom. The molecule has 2 bridgehead atoms. The first-order valence-electron chi connectivity index (χ1n) is 7.70. The van der Waals surface area contributed by atoms with Gasteiger partial charge in [-0.1, -0.05) is 23.8 Å². The molecule has 7 heteroatoms. The van der Waals surface area contributed by atoms with E-state index in [1.165, 1.54) is 23.9 Å². The van der Waals surface area contributed by atoms with E-state index in [9.17, 15) is 4.79 Å². The Morgan fingerprint density at radius 3 is 2.96 bits per heavy atom. The molecule has 6 nitrogen and oxygen atoms in total. The second-order valence-corrected chi connectivity index (χ2v) is 6.58. The van der Waals surface area contributed by atoms with Crippen LogP contribution in [-0.4, -0.2) is 32.7 Å². The number of nitrogens with zero attached hydrogens (tertiary/aromatic N) is 4. The first-order chi connectivity index (χ1) is 11.2. The summed E-state index contributed by atoms with van der Waals surface area (Å²) in [5.41, 5.74) is 1.14. The molecule has 1 heterocycles. The molecule has 2 aliphatic rings. The van der Waals surface area contributed by atoms with Gasteiger partial charge in [-0.05, 0) is 59.2 Å². The van der Waals surface area contributed by atoms with E-state index in [4.69, 9.17) is 11.6 Å². The first-order valence-corrected chi connectivity index (χ1v) is 8.08. The molecule has 0 unspecified atom stereocenters. The van der Waals surface area contributed by atoms with Crippen molar-refractivity contribution in [2.24, 2.45) is 17.8 Å². The Balaban J connectivity index is 1.47. The zero-order valence-electron chi connectivity index (χ0n) is 12.4. The number of carbonyl (C=O) groups excluding carboxylic acids is 1. The van der Waals surface area contributed by atoms with Gasteiger partial charge in [-0.15, -0.1) is 5.10 Å². The number of tetrazole rings is 1. The first kappa shape index (κ1) is 14.4. The molecule has 0 spiro atoms. The predicted molar refractivity (Wildman–Crippen MR) is 85.3 cm³/mol. The lowest BCUT2D eigenvalue weighted by atomic mass is 9.93. The smallest absolute Gasteiger partial charge is 0.252 e. The van der Waals surface area contributed by atoms with Crippen molar-refractivity contribution in [3.8, 4) is 5.69 Å². The van der Waals surface area contributed by atoms with E-state index in [2.05, 4.69) is 33.0 Å². The van der Waals surface area contributed by atoms with Crippen molar-refractivity contribution in [1.82, 2.24) is 25.5 Å². The fraction of sp³-hybridized carbons (Fsp3) is 0.375. The van der Waals surface area contributed by atoms with Gasteiger partial charge in [0.1, 0.15) is 6.33 Å². The number of allylic oxidation sites excluding steroid dienone is 2.